The molecule has 0 heterocycles. The Balaban J connectivity index is 2.04. The lowest BCUT2D eigenvalue weighted by Crippen LogP contribution is -2.37. The standard InChI is InChI=1S/C16H15BrClNO2/c17-10-13(8-11-4-2-1-3-5-11)19-16(21)12-6-7-15(20)14(18)9-12/h1-7,9,13,20H,8,10H2,(H,19,21). The summed E-state index contributed by atoms with van der Waals surface area (Å²) in [6.07, 6.45) is 0.740. The fraction of sp³-hybridized carbons (Fsp3) is 0.188. The molecule has 5 heteroatoms. The lowest BCUT2D eigenvalue weighted by molar-refractivity contribution is 0.0941. The van der Waals surface area contributed by atoms with Crippen molar-refractivity contribution >= 4 is 33.4 Å². The van der Waals surface area contributed by atoms with E-state index in [2.05, 4.69) is 21.2 Å². The highest BCUT2D eigenvalue weighted by molar-refractivity contribution is 9.09. The molecule has 0 aliphatic carbocycles. The minimum absolute atomic E-state index is 0.0209. The van der Waals surface area contributed by atoms with Crippen molar-refractivity contribution in [1.29, 1.82) is 0 Å². The molecule has 2 aromatic carbocycles. The molecule has 1 atom stereocenters. The topological polar surface area (TPSA) is 49.3 Å². The number of phenols is 1. The van der Waals surface area contributed by atoms with Crippen LogP contribution in [-0.4, -0.2) is 22.4 Å². The number of amides is 1. The third-order valence-corrected chi connectivity index (χ3v) is 4.14. The Hall–Kier alpha value is -1.52. The van der Waals surface area contributed by atoms with E-state index in [1.54, 1.807) is 6.07 Å². The first kappa shape index (κ1) is 15.9. The summed E-state index contributed by atoms with van der Waals surface area (Å²) in [6.45, 7) is 0. The van der Waals surface area contributed by atoms with Crippen LogP contribution in [0.5, 0.6) is 5.75 Å². The molecule has 110 valence electrons. The third-order valence-electron chi connectivity index (χ3n) is 3.06. The molecule has 1 unspecified atom stereocenters. The van der Waals surface area contributed by atoms with Crippen LogP contribution in [-0.2, 0) is 6.42 Å². The van der Waals surface area contributed by atoms with Gasteiger partial charge >= 0.3 is 0 Å². The number of nitrogens with one attached hydrogen (secondary N) is 1. The van der Waals surface area contributed by atoms with Crippen LogP contribution in [0.4, 0.5) is 0 Å². The largest absolute Gasteiger partial charge is 0.506 e. The van der Waals surface area contributed by atoms with E-state index in [4.69, 9.17) is 11.6 Å². The van der Waals surface area contributed by atoms with Crippen LogP contribution in [0.15, 0.2) is 48.5 Å². The molecule has 0 saturated heterocycles. The van der Waals surface area contributed by atoms with Crippen molar-refractivity contribution in [3.63, 3.8) is 0 Å². The summed E-state index contributed by atoms with van der Waals surface area (Å²) in [5.74, 6) is -0.244. The van der Waals surface area contributed by atoms with Crippen molar-refractivity contribution in [2.45, 2.75) is 12.5 Å². The van der Waals surface area contributed by atoms with Gasteiger partial charge in [0.25, 0.3) is 5.91 Å². The van der Waals surface area contributed by atoms with E-state index in [0.29, 0.717) is 10.9 Å². The quantitative estimate of drug-likeness (QED) is 0.789. The maximum atomic E-state index is 12.2. The van der Waals surface area contributed by atoms with Crippen LogP contribution in [0.25, 0.3) is 0 Å². The summed E-state index contributed by atoms with van der Waals surface area (Å²) in [6, 6.07) is 14.4. The van der Waals surface area contributed by atoms with Gasteiger partial charge in [0.1, 0.15) is 5.75 Å². The summed E-state index contributed by atoms with van der Waals surface area (Å²) < 4.78 is 0. The van der Waals surface area contributed by atoms with Gasteiger partial charge in [0.2, 0.25) is 0 Å². The summed E-state index contributed by atoms with van der Waals surface area (Å²) >= 11 is 9.24. The second kappa shape index (κ2) is 7.48. The molecule has 2 N–H and O–H groups in total. The Morgan fingerprint density at radius 3 is 2.57 bits per heavy atom. The van der Waals surface area contributed by atoms with E-state index in [1.165, 1.54) is 12.1 Å². The normalized spacial score (nSPS) is 11.9. The second-order valence-electron chi connectivity index (χ2n) is 4.68. The maximum Gasteiger partial charge on any atom is 0.251 e. The first-order chi connectivity index (χ1) is 10.1. The number of hydrogen-bond acceptors (Lipinski definition) is 2. The van der Waals surface area contributed by atoms with E-state index in [0.717, 1.165) is 12.0 Å². The Bertz CT molecular complexity index is 619. The van der Waals surface area contributed by atoms with Gasteiger partial charge in [0.15, 0.2) is 0 Å². The van der Waals surface area contributed by atoms with Crippen molar-refractivity contribution in [3.05, 3.63) is 64.7 Å². The molecule has 2 aromatic rings. The van der Waals surface area contributed by atoms with Crippen molar-refractivity contribution < 1.29 is 9.90 Å². The third kappa shape index (κ3) is 4.48. The maximum absolute atomic E-state index is 12.2. The van der Waals surface area contributed by atoms with Crippen molar-refractivity contribution in [3.8, 4) is 5.75 Å². The van der Waals surface area contributed by atoms with E-state index in [1.807, 2.05) is 30.3 Å². The van der Waals surface area contributed by atoms with E-state index < -0.39 is 0 Å². The first-order valence-electron chi connectivity index (χ1n) is 6.49. The Kier molecular flexibility index (Phi) is 5.65. The molecule has 0 aromatic heterocycles. The molecule has 1 amide bonds. The van der Waals surface area contributed by atoms with Gasteiger partial charge in [-0.15, -0.1) is 0 Å². The molecular formula is C16H15BrClNO2. The molecular weight excluding hydrogens is 354 g/mol. The van der Waals surface area contributed by atoms with Gasteiger partial charge in [-0.25, -0.2) is 0 Å². The van der Waals surface area contributed by atoms with E-state index in [9.17, 15) is 9.90 Å². The lowest BCUT2D eigenvalue weighted by Gasteiger charge is -2.16. The Morgan fingerprint density at radius 1 is 1.24 bits per heavy atom. The van der Waals surface area contributed by atoms with E-state index in [-0.39, 0.29) is 22.7 Å². The Morgan fingerprint density at radius 2 is 1.95 bits per heavy atom. The zero-order valence-electron chi connectivity index (χ0n) is 11.2. The van der Waals surface area contributed by atoms with Crippen LogP contribution >= 0.6 is 27.5 Å². The molecule has 21 heavy (non-hydrogen) atoms. The number of benzene rings is 2. The van der Waals surface area contributed by atoms with Gasteiger partial charge in [-0.3, -0.25) is 4.79 Å². The number of carbonyl (C=O) groups is 1. The second-order valence-corrected chi connectivity index (χ2v) is 5.74. The monoisotopic (exact) mass is 367 g/mol. The first-order valence-corrected chi connectivity index (χ1v) is 7.99. The smallest absolute Gasteiger partial charge is 0.251 e. The fourth-order valence-electron chi connectivity index (χ4n) is 1.96. The van der Waals surface area contributed by atoms with Crippen LogP contribution in [0.1, 0.15) is 15.9 Å². The Labute approximate surface area is 137 Å². The van der Waals surface area contributed by atoms with Crippen LogP contribution < -0.4 is 5.32 Å². The number of hydrogen-bond donors (Lipinski definition) is 2. The highest BCUT2D eigenvalue weighted by Crippen LogP contribution is 2.23. The summed E-state index contributed by atoms with van der Waals surface area (Å²) in [5, 5.41) is 13.1. The summed E-state index contributed by atoms with van der Waals surface area (Å²) in [4.78, 5) is 12.2. The van der Waals surface area contributed by atoms with E-state index >= 15 is 0 Å². The minimum atomic E-state index is -0.211. The number of carbonyl (C=O) groups excluding carboxylic acids is 1. The number of phenolic OH excluding ortho intramolecular Hbond substituents is 1. The molecule has 0 aliphatic heterocycles. The highest BCUT2D eigenvalue weighted by Gasteiger charge is 2.14. The fourth-order valence-corrected chi connectivity index (χ4v) is 2.53. The SMILES string of the molecule is O=C(NC(CBr)Cc1ccccc1)c1ccc(O)c(Cl)c1. The zero-order chi connectivity index (χ0) is 15.2. The molecule has 0 radical (unpaired) electrons. The molecule has 0 aliphatic rings. The van der Waals surface area contributed by atoms with Gasteiger partial charge < -0.3 is 10.4 Å². The van der Waals surface area contributed by atoms with Gasteiger partial charge in [-0.1, -0.05) is 57.9 Å². The predicted octanol–water partition coefficient (Wildman–Crippen LogP) is 3.78. The predicted molar refractivity (Wildman–Crippen MR) is 88.3 cm³/mol. The summed E-state index contributed by atoms with van der Waals surface area (Å²) in [7, 11) is 0. The van der Waals surface area contributed by atoms with Crippen molar-refractivity contribution in [2.75, 3.05) is 5.33 Å². The average molecular weight is 369 g/mol. The highest BCUT2D eigenvalue weighted by atomic mass is 79.9. The molecule has 2 rings (SSSR count). The van der Waals surface area contributed by atoms with Gasteiger partial charge in [-0.2, -0.15) is 0 Å². The molecule has 3 nitrogen and oxygen atoms in total. The average Bonchev–Trinajstić information content (AvgIpc) is 2.50. The number of aromatic hydroxyl groups is 1. The van der Waals surface area contributed by atoms with Gasteiger partial charge in [0, 0.05) is 16.9 Å². The van der Waals surface area contributed by atoms with Gasteiger partial charge in [0.05, 0.1) is 5.02 Å². The minimum Gasteiger partial charge on any atom is -0.506 e. The number of alkyl halides is 1. The van der Waals surface area contributed by atoms with Crippen molar-refractivity contribution in [2.24, 2.45) is 0 Å². The van der Waals surface area contributed by atoms with Crippen LogP contribution in [0.2, 0.25) is 5.02 Å². The van der Waals surface area contributed by atoms with Crippen LogP contribution in [0, 0.1) is 0 Å². The molecule has 0 bridgehead atoms. The molecule has 0 fully saturated rings. The number of rotatable bonds is 5. The van der Waals surface area contributed by atoms with Gasteiger partial charge in [-0.05, 0) is 30.2 Å². The van der Waals surface area contributed by atoms with Crippen LogP contribution in [0.3, 0.4) is 0 Å². The van der Waals surface area contributed by atoms with Crippen molar-refractivity contribution in [1.82, 2.24) is 5.32 Å². The summed E-state index contributed by atoms with van der Waals surface area (Å²) in [5.41, 5.74) is 1.59. The number of halogens is 2. The molecule has 0 spiro atoms. The molecule has 0 saturated carbocycles. The lowest BCUT2D eigenvalue weighted by atomic mass is 10.1. The zero-order valence-corrected chi connectivity index (χ0v) is 13.6.